The minimum absolute atomic E-state index is 0.626. The fraction of sp³-hybridized carbons (Fsp3) is 0.786. The SMILES string of the molecule is Nc1ccn(CCN2CCC3CCCCC3C2)n1. The van der Waals surface area contributed by atoms with Crippen molar-refractivity contribution < 1.29 is 0 Å². The van der Waals surface area contributed by atoms with E-state index in [-0.39, 0.29) is 0 Å². The molecular formula is C14H24N4. The van der Waals surface area contributed by atoms with Crippen molar-refractivity contribution in [3.05, 3.63) is 12.3 Å². The molecule has 4 nitrogen and oxygen atoms in total. The molecule has 100 valence electrons. The number of hydrogen-bond acceptors (Lipinski definition) is 3. The van der Waals surface area contributed by atoms with Crippen LogP contribution in [0.25, 0.3) is 0 Å². The maximum atomic E-state index is 5.63. The van der Waals surface area contributed by atoms with Crippen LogP contribution in [0.2, 0.25) is 0 Å². The molecule has 1 aliphatic heterocycles. The molecule has 1 saturated carbocycles. The van der Waals surface area contributed by atoms with Crippen LogP contribution in [0.5, 0.6) is 0 Å². The lowest BCUT2D eigenvalue weighted by atomic mass is 9.75. The Morgan fingerprint density at radius 1 is 1.17 bits per heavy atom. The van der Waals surface area contributed by atoms with Gasteiger partial charge < -0.3 is 10.6 Å². The van der Waals surface area contributed by atoms with Crippen LogP contribution in [0.3, 0.4) is 0 Å². The molecule has 18 heavy (non-hydrogen) atoms. The highest BCUT2D eigenvalue weighted by atomic mass is 15.3. The third-order valence-corrected chi connectivity index (χ3v) is 4.68. The number of fused-ring (bicyclic) bond motifs is 1. The third kappa shape index (κ3) is 2.69. The highest BCUT2D eigenvalue weighted by molar-refractivity contribution is 5.23. The van der Waals surface area contributed by atoms with Crippen LogP contribution in [0.1, 0.15) is 32.1 Å². The van der Waals surface area contributed by atoms with Gasteiger partial charge in [-0.3, -0.25) is 4.68 Å². The summed E-state index contributed by atoms with van der Waals surface area (Å²) in [5.41, 5.74) is 5.63. The van der Waals surface area contributed by atoms with Crippen LogP contribution < -0.4 is 5.73 Å². The van der Waals surface area contributed by atoms with Crippen molar-refractivity contribution in [1.29, 1.82) is 0 Å². The first-order chi connectivity index (χ1) is 8.81. The highest BCUT2D eigenvalue weighted by Gasteiger charge is 2.30. The summed E-state index contributed by atoms with van der Waals surface area (Å²) in [6.07, 6.45) is 9.23. The highest BCUT2D eigenvalue weighted by Crippen LogP contribution is 2.35. The molecule has 2 N–H and O–H groups in total. The summed E-state index contributed by atoms with van der Waals surface area (Å²) in [5.74, 6) is 2.62. The van der Waals surface area contributed by atoms with E-state index in [0.717, 1.165) is 24.9 Å². The Morgan fingerprint density at radius 2 is 2.00 bits per heavy atom. The molecule has 0 amide bonds. The van der Waals surface area contributed by atoms with E-state index in [9.17, 15) is 0 Å². The van der Waals surface area contributed by atoms with Gasteiger partial charge >= 0.3 is 0 Å². The maximum Gasteiger partial charge on any atom is 0.145 e. The average molecular weight is 248 g/mol. The summed E-state index contributed by atoms with van der Waals surface area (Å²) in [5, 5.41) is 4.24. The van der Waals surface area contributed by atoms with Gasteiger partial charge in [0.25, 0.3) is 0 Å². The van der Waals surface area contributed by atoms with Crippen LogP contribution in [0.4, 0.5) is 5.82 Å². The van der Waals surface area contributed by atoms with Crippen molar-refractivity contribution in [2.45, 2.75) is 38.6 Å². The number of hydrogen-bond donors (Lipinski definition) is 1. The Balaban J connectivity index is 1.49. The fourth-order valence-corrected chi connectivity index (χ4v) is 3.63. The van der Waals surface area contributed by atoms with E-state index in [2.05, 4.69) is 10.00 Å². The molecule has 3 rings (SSSR count). The number of likely N-dealkylation sites (tertiary alicyclic amines) is 1. The molecule has 0 spiro atoms. The molecule has 1 saturated heterocycles. The lowest BCUT2D eigenvalue weighted by molar-refractivity contribution is 0.0838. The van der Waals surface area contributed by atoms with E-state index in [1.54, 1.807) is 0 Å². The van der Waals surface area contributed by atoms with Gasteiger partial charge in [0.2, 0.25) is 0 Å². The second kappa shape index (κ2) is 5.31. The van der Waals surface area contributed by atoms with Gasteiger partial charge in [-0.1, -0.05) is 19.3 Å². The summed E-state index contributed by atoms with van der Waals surface area (Å²) < 4.78 is 1.96. The second-order valence-corrected chi connectivity index (χ2v) is 5.90. The number of anilines is 1. The lowest BCUT2D eigenvalue weighted by Gasteiger charge is -2.41. The molecule has 1 aromatic heterocycles. The zero-order valence-corrected chi connectivity index (χ0v) is 11.1. The summed E-state index contributed by atoms with van der Waals surface area (Å²) in [6.45, 7) is 4.66. The van der Waals surface area contributed by atoms with Crippen molar-refractivity contribution >= 4 is 5.82 Å². The number of rotatable bonds is 3. The summed E-state index contributed by atoms with van der Waals surface area (Å²) in [4.78, 5) is 2.62. The Labute approximate surface area is 109 Å². The van der Waals surface area contributed by atoms with Crippen LogP contribution in [0, 0.1) is 11.8 Å². The third-order valence-electron chi connectivity index (χ3n) is 4.68. The summed E-state index contributed by atoms with van der Waals surface area (Å²) in [7, 11) is 0. The van der Waals surface area contributed by atoms with Gasteiger partial charge in [0.1, 0.15) is 5.82 Å². The van der Waals surface area contributed by atoms with Crippen LogP contribution in [0.15, 0.2) is 12.3 Å². The van der Waals surface area contributed by atoms with E-state index in [1.165, 1.54) is 45.2 Å². The number of nitrogen functional groups attached to an aromatic ring is 1. The first-order valence-corrected chi connectivity index (χ1v) is 7.32. The van der Waals surface area contributed by atoms with Crippen LogP contribution in [-0.2, 0) is 6.54 Å². The Morgan fingerprint density at radius 3 is 2.78 bits per heavy atom. The maximum absolute atomic E-state index is 5.63. The quantitative estimate of drug-likeness (QED) is 0.889. The Hall–Kier alpha value is -1.03. The molecule has 2 aliphatic rings. The topological polar surface area (TPSA) is 47.1 Å². The monoisotopic (exact) mass is 248 g/mol. The van der Waals surface area contributed by atoms with Crippen molar-refractivity contribution in [3.8, 4) is 0 Å². The average Bonchev–Trinajstić information content (AvgIpc) is 2.82. The second-order valence-electron chi connectivity index (χ2n) is 5.90. The van der Waals surface area contributed by atoms with Gasteiger partial charge in [0, 0.05) is 19.3 Å². The Bertz CT molecular complexity index is 387. The normalized spacial score (nSPS) is 29.1. The predicted octanol–water partition coefficient (Wildman–Crippen LogP) is 1.98. The minimum Gasteiger partial charge on any atom is -0.382 e. The molecule has 0 bridgehead atoms. The number of nitrogens with zero attached hydrogens (tertiary/aromatic N) is 3. The number of nitrogens with two attached hydrogens (primary N) is 1. The van der Waals surface area contributed by atoms with Gasteiger partial charge in [-0.2, -0.15) is 5.10 Å². The van der Waals surface area contributed by atoms with Gasteiger partial charge in [0.15, 0.2) is 0 Å². The molecule has 0 aromatic carbocycles. The number of aromatic nitrogens is 2. The van der Waals surface area contributed by atoms with E-state index in [1.807, 2.05) is 16.9 Å². The Kier molecular flexibility index (Phi) is 3.55. The zero-order valence-electron chi connectivity index (χ0n) is 11.1. The van der Waals surface area contributed by atoms with E-state index < -0.39 is 0 Å². The molecule has 1 aromatic rings. The molecule has 2 unspecified atom stereocenters. The zero-order chi connectivity index (χ0) is 12.4. The van der Waals surface area contributed by atoms with Gasteiger partial charge in [0.05, 0.1) is 6.54 Å². The number of piperidine rings is 1. The van der Waals surface area contributed by atoms with Gasteiger partial charge in [-0.05, 0) is 37.3 Å². The van der Waals surface area contributed by atoms with Crippen molar-refractivity contribution in [2.24, 2.45) is 11.8 Å². The summed E-state index contributed by atoms with van der Waals surface area (Å²) >= 11 is 0. The van der Waals surface area contributed by atoms with Crippen LogP contribution in [-0.4, -0.2) is 34.3 Å². The first-order valence-electron chi connectivity index (χ1n) is 7.32. The van der Waals surface area contributed by atoms with Crippen molar-refractivity contribution in [3.63, 3.8) is 0 Å². The van der Waals surface area contributed by atoms with Crippen molar-refractivity contribution in [2.75, 3.05) is 25.4 Å². The molecule has 2 heterocycles. The first kappa shape index (κ1) is 12.0. The van der Waals surface area contributed by atoms with Gasteiger partial charge in [-0.25, -0.2) is 0 Å². The molecular weight excluding hydrogens is 224 g/mol. The lowest BCUT2D eigenvalue weighted by Crippen LogP contribution is -2.42. The van der Waals surface area contributed by atoms with Crippen molar-refractivity contribution in [1.82, 2.24) is 14.7 Å². The van der Waals surface area contributed by atoms with E-state index in [4.69, 9.17) is 5.73 Å². The minimum atomic E-state index is 0.626. The standard InChI is InChI=1S/C14H24N4/c15-14-6-8-18(16-14)10-9-17-7-5-12-3-1-2-4-13(12)11-17/h6,8,12-13H,1-5,7,9-11H2,(H2,15,16). The van der Waals surface area contributed by atoms with E-state index >= 15 is 0 Å². The molecule has 2 fully saturated rings. The smallest absolute Gasteiger partial charge is 0.145 e. The predicted molar refractivity (Wildman–Crippen MR) is 73.1 cm³/mol. The largest absolute Gasteiger partial charge is 0.382 e. The van der Waals surface area contributed by atoms with E-state index in [0.29, 0.717) is 5.82 Å². The molecule has 4 heteroatoms. The van der Waals surface area contributed by atoms with Crippen LogP contribution >= 0.6 is 0 Å². The fourth-order valence-electron chi connectivity index (χ4n) is 3.63. The molecule has 1 aliphatic carbocycles. The van der Waals surface area contributed by atoms with Gasteiger partial charge in [-0.15, -0.1) is 0 Å². The molecule has 2 atom stereocenters. The summed E-state index contributed by atoms with van der Waals surface area (Å²) in [6, 6.07) is 1.87. The molecule has 0 radical (unpaired) electrons.